The molecule has 3 aromatic rings. The molecule has 4 rings (SSSR count). The number of esters is 1. The van der Waals surface area contributed by atoms with Gasteiger partial charge in [-0.1, -0.05) is 85.3 Å². The first-order chi connectivity index (χ1) is 25.6. The molecule has 0 heterocycles. The first-order valence-corrected chi connectivity index (χ1v) is 17.4. The van der Waals surface area contributed by atoms with Gasteiger partial charge in [0.05, 0.1) is 7.11 Å². The van der Waals surface area contributed by atoms with Crippen molar-refractivity contribution >= 4 is 18.5 Å². The molecule has 1 aliphatic carbocycles. The van der Waals surface area contributed by atoms with Gasteiger partial charge >= 0.3 is 5.97 Å². The fraction of sp³-hybridized carbons (Fsp3) is 0.366. The molecule has 0 radical (unpaired) electrons. The average molecular weight is 736 g/mol. The summed E-state index contributed by atoms with van der Waals surface area (Å²) >= 11 is 0. The van der Waals surface area contributed by atoms with Gasteiger partial charge in [0, 0.05) is 6.42 Å². The fourth-order valence-corrected chi connectivity index (χ4v) is 5.60. The van der Waals surface area contributed by atoms with E-state index < -0.39 is 17.6 Å². The number of alkyl halides is 2. The molecule has 1 fully saturated rings. The fourth-order valence-electron chi connectivity index (χ4n) is 5.60. The van der Waals surface area contributed by atoms with Crippen LogP contribution in [-0.2, 0) is 32.4 Å². The quantitative estimate of drug-likeness (QED) is 0.0212. The summed E-state index contributed by atoms with van der Waals surface area (Å²) in [4.78, 5) is 36.3. The Hall–Kier alpha value is -5.52. The molecule has 284 valence electrons. The van der Waals surface area contributed by atoms with E-state index in [2.05, 4.69) is 21.7 Å². The lowest BCUT2D eigenvalue weighted by Crippen LogP contribution is -2.23. The van der Waals surface area contributed by atoms with Crippen LogP contribution in [0.5, 0.6) is 17.2 Å². The second kappa shape index (κ2) is 23.1. The van der Waals surface area contributed by atoms with Crippen LogP contribution in [-0.4, -0.2) is 37.2 Å². The zero-order valence-electron chi connectivity index (χ0n) is 30.1. The molecule has 1 unspecified atom stereocenters. The Morgan fingerprint density at radius 2 is 1.72 bits per heavy atom. The van der Waals surface area contributed by atoms with Gasteiger partial charge in [-0.05, 0) is 97.9 Å². The zero-order valence-corrected chi connectivity index (χ0v) is 30.1. The van der Waals surface area contributed by atoms with Crippen LogP contribution in [0.1, 0.15) is 68.6 Å². The van der Waals surface area contributed by atoms with E-state index in [1.54, 1.807) is 67.8 Å². The third-order valence-corrected chi connectivity index (χ3v) is 8.29. The van der Waals surface area contributed by atoms with Gasteiger partial charge in [0.1, 0.15) is 19.0 Å². The van der Waals surface area contributed by atoms with E-state index >= 15 is 0 Å². The summed E-state index contributed by atoms with van der Waals surface area (Å²) < 4.78 is 49.2. The van der Waals surface area contributed by atoms with Crippen molar-refractivity contribution in [1.82, 2.24) is 0 Å². The van der Waals surface area contributed by atoms with E-state index in [9.17, 15) is 28.5 Å². The standard InChI is InChI=1S/C32H38F2O4.C9H9NO5/c1-3-12-25-19-20-29(30(23-25)36-2)38-31(35)18-10-5-4-7-13-26-14-11-15-27(26)21-22-32(33,34)24-37-28-16-8-6-9-17-28;11-7-14-5-8-1-3-9(4-2-8)6-15-10(12)13/h3-4,6-9,12,16-17,19-23,26-27H,5,10-11,13-15,18,24H2,1-2H3;1-4,7H,5-6H2/b7-4-,12-3+,22-21+;/t26-,27?;/m0./s1. The summed E-state index contributed by atoms with van der Waals surface area (Å²) in [5.41, 5.74) is 2.47. The van der Waals surface area contributed by atoms with Crippen molar-refractivity contribution in [3.63, 3.8) is 0 Å². The monoisotopic (exact) mass is 735 g/mol. The second-order valence-electron chi connectivity index (χ2n) is 12.3. The minimum Gasteiger partial charge on any atom is -0.493 e. The Morgan fingerprint density at radius 3 is 2.40 bits per heavy atom. The first-order valence-electron chi connectivity index (χ1n) is 17.4. The Bertz CT molecular complexity index is 1640. The van der Waals surface area contributed by atoms with Crippen LogP contribution in [0.2, 0.25) is 0 Å². The van der Waals surface area contributed by atoms with Crippen molar-refractivity contribution in [3.8, 4) is 17.2 Å². The van der Waals surface area contributed by atoms with Crippen LogP contribution in [0.3, 0.4) is 0 Å². The highest BCUT2D eigenvalue weighted by Gasteiger charge is 2.29. The Labute approximate surface area is 309 Å². The number of para-hydroxylation sites is 1. The molecule has 1 saturated carbocycles. The molecule has 0 aliphatic heterocycles. The van der Waals surface area contributed by atoms with Crippen LogP contribution in [0.15, 0.2) is 103 Å². The summed E-state index contributed by atoms with van der Waals surface area (Å²) in [7, 11) is 1.55. The molecule has 0 amide bonds. The number of benzene rings is 3. The topological polar surface area (TPSA) is 123 Å². The first kappa shape index (κ1) is 41.9. The lowest BCUT2D eigenvalue weighted by atomic mass is 9.92. The Balaban J connectivity index is 0.000000421. The number of carbonyl (C=O) groups is 2. The van der Waals surface area contributed by atoms with E-state index in [4.69, 9.17) is 14.2 Å². The summed E-state index contributed by atoms with van der Waals surface area (Å²) in [6, 6.07) is 20.9. The van der Waals surface area contributed by atoms with Crippen molar-refractivity contribution < 1.29 is 47.2 Å². The van der Waals surface area contributed by atoms with Gasteiger partial charge in [-0.25, -0.2) is 0 Å². The van der Waals surface area contributed by atoms with Gasteiger partial charge in [0.15, 0.2) is 18.1 Å². The van der Waals surface area contributed by atoms with E-state index in [-0.39, 0.29) is 25.1 Å². The number of halogens is 2. The van der Waals surface area contributed by atoms with Crippen LogP contribution in [0.25, 0.3) is 6.08 Å². The van der Waals surface area contributed by atoms with Crippen LogP contribution in [0.4, 0.5) is 8.78 Å². The highest BCUT2D eigenvalue weighted by molar-refractivity contribution is 5.73. The summed E-state index contributed by atoms with van der Waals surface area (Å²) in [6.07, 6.45) is 16.3. The Morgan fingerprint density at radius 1 is 0.981 bits per heavy atom. The van der Waals surface area contributed by atoms with Gasteiger partial charge in [-0.15, -0.1) is 10.1 Å². The van der Waals surface area contributed by atoms with Gasteiger partial charge in [-0.2, -0.15) is 8.78 Å². The molecule has 0 aromatic heterocycles. The lowest BCUT2D eigenvalue weighted by molar-refractivity contribution is -0.763. The predicted octanol–water partition coefficient (Wildman–Crippen LogP) is 9.50. The highest BCUT2D eigenvalue weighted by Crippen LogP contribution is 2.36. The number of ether oxygens (including phenoxy) is 4. The lowest BCUT2D eigenvalue weighted by Gasteiger charge is -2.17. The van der Waals surface area contributed by atoms with E-state index in [0.29, 0.717) is 48.0 Å². The third kappa shape index (κ3) is 16.6. The van der Waals surface area contributed by atoms with Crippen molar-refractivity contribution in [2.24, 2.45) is 11.8 Å². The molecule has 2 atom stereocenters. The Kier molecular flexibility index (Phi) is 18.3. The molecular formula is C41H47F2NO9. The molecule has 0 saturated heterocycles. The zero-order chi connectivity index (χ0) is 38.3. The number of methoxy groups -OCH3 is 1. The van der Waals surface area contributed by atoms with Crippen molar-refractivity contribution in [3.05, 3.63) is 130 Å². The van der Waals surface area contributed by atoms with Crippen LogP contribution in [0, 0.1) is 22.0 Å². The van der Waals surface area contributed by atoms with Gasteiger partial charge in [0.25, 0.3) is 17.5 Å². The van der Waals surface area contributed by atoms with Gasteiger partial charge in [-0.3, -0.25) is 9.59 Å². The number of allylic oxidation sites excluding steroid dienone is 4. The van der Waals surface area contributed by atoms with E-state index in [0.717, 1.165) is 49.3 Å². The molecule has 0 bridgehead atoms. The average Bonchev–Trinajstić information content (AvgIpc) is 3.62. The number of unbranched alkanes of at least 4 members (excludes halogenated alkanes) is 1. The van der Waals surface area contributed by atoms with Crippen molar-refractivity contribution in [2.45, 2.75) is 71.0 Å². The SMILES string of the molecule is C/C=C/c1ccc(OC(=O)CCC/C=C\C[C@H]2CCCC2/C=C/C(F)(F)COc2ccccc2)c(OC)c1.O=COCc1ccc(CO[N+](=O)[O-])cc1. The number of rotatable bonds is 20. The minimum atomic E-state index is -3.01. The van der Waals surface area contributed by atoms with Gasteiger partial charge < -0.3 is 23.8 Å². The smallest absolute Gasteiger partial charge is 0.311 e. The van der Waals surface area contributed by atoms with E-state index in [1.807, 2.05) is 37.3 Å². The summed E-state index contributed by atoms with van der Waals surface area (Å²) in [6.45, 7) is 1.75. The van der Waals surface area contributed by atoms with Gasteiger partial charge in [0.2, 0.25) is 0 Å². The summed E-state index contributed by atoms with van der Waals surface area (Å²) in [5, 5.41) is 9.06. The number of hydrogen-bond acceptors (Lipinski definition) is 9. The maximum absolute atomic E-state index is 14.3. The molecule has 3 aromatic carbocycles. The number of nitrogens with zero attached hydrogens (tertiary/aromatic N) is 1. The highest BCUT2D eigenvalue weighted by atomic mass is 19.3. The minimum absolute atomic E-state index is 0.0815. The van der Waals surface area contributed by atoms with Crippen LogP contribution < -0.4 is 14.2 Å². The number of carbonyl (C=O) groups excluding carboxylic acids is 2. The molecule has 0 spiro atoms. The molecule has 0 N–H and O–H groups in total. The number of hydrogen-bond donors (Lipinski definition) is 0. The third-order valence-electron chi connectivity index (χ3n) is 8.29. The molecular weight excluding hydrogens is 688 g/mol. The normalized spacial score (nSPS) is 15.5. The summed E-state index contributed by atoms with van der Waals surface area (Å²) in [5.74, 6) is -1.42. The molecule has 53 heavy (non-hydrogen) atoms. The largest absolute Gasteiger partial charge is 0.493 e. The maximum atomic E-state index is 14.3. The second-order valence-corrected chi connectivity index (χ2v) is 12.3. The van der Waals surface area contributed by atoms with Crippen molar-refractivity contribution in [1.29, 1.82) is 0 Å². The predicted molar refractivity (Wildman–Crippen MR) is 197 cm³/mol. The van der Waals surface area contributed by atoms with Crippen LogP contribution >= 0.6 is 0 Å². The molecule has 12 heteroatoms. The molecule has 10 nitrogen and oxygen atoms in total. The maximum Gasteiger partial charge on any atom is 0.311 e. The van der Waals surface area contributed by atoms with E-state index in [1.165, 1.54) is 0 Å². The molecule has 1 aliphatic rings. The van der Waals surface area contributed by atoms with Crippen molar-refractivity contribution in [2.75, 3.05) is 13.7 Å².